The van der Waals surface area contributed by atoms with E-state index in [0.29, 0.717) is 13.0 Å². The molecule has 0 aromatic rings. The maximum atomic E-state index is 10.7. The van der Waals surface area contributed by atoms with Crippen LogP contribution in [0, 0.1) is 11.8 Å². The summed E-state index contributed by atoms with van der Waals surface area (Å²) in [6.45, 7) is 12.8. The molecule has 0 spiro atoms. The van der Waals surface area contributed by atoms with E-state index in [9.17, 15) is 4.79 Å². The van der Waals surface area contributed by atoms with Crippen LogP contribution in [0.25, 0.3) is 0 Å². The van der Waals surface area contributed by atoms with Crippen LogP contribution in [0.2, 0.25) is 18.1 Å². The van der Waals surface area contributed by atoms with Crippen LogP contribution < -0.4 is 0 Å². The van der Waals surface area contributed by atoms with Crippen LogP contribution in [0.5, 0.6) is 0 Å². The number of carboxylic acid groups (broad SMARTS) is 1. The van der Waals surface area contributed by atoms with E-state index in [1.54, 1.807) is 0 Å². The third kappa shape index (κ3) is 8.47. The number of alkyl halides is 1. The van der Waals surface area contributed by atoms with Gasteiger partial charge in [0, 0.05) is 30.9 Å². The van der Waals surface area contributed by atoms with E-state index in [4.69, 9.17) is 30.6 Å². The molecular formula is C24H43ClO5Si. The number of halogens is 1. The van der Waals surface area contributed by atoms with Crippen molar-refractivity contribution in [1.82, 2.24) is 0 Å². The van der Waals surface area contributed by atoms with Gasteiger partial charge in [-0.15, -0.1) is 11.6 Å². The minimum Gasteiger partial charge on any atom is -0.481 e. The molecule has 1 N–H and O–H groups in total. The van der Waals surface area contributed by atoms with Crippen LogP contribution in [-0.2, 0) is 18.7 Å². The van der Waals surface area contributed by atoms with Crippen molar-refractivity contribution in [3.05, 3.63) is 12.2 Å². The van der Waals surface area contributed by atoms with Crippen molar-refractivity contribution in [2.75, 3.05) is 13.2 Å². The van der Waals surface area contributed by atoms with E-state index in [1.165, 1.54) is 0 Å². The summed E-state index contributed by atoms with van der Waals surface area (Å²) in [7, 11) is -1.87. The molecule has 0 aromatic heterocycles. The highest BCUT2D eigenvalue weighted by Crippen LogP contribution is 2.43. The number of hydrogen-bond donors (Lipinski definition) is 1. The van der Waals surface area contributed by atoms with E-state index < -0.39 is 14.3 Å². The van der Waals surface area contributed by atoms with Crippen LogP contribution in [0.1, 0.15) is 72.1 Å². The second-order valence-corrected chi connectivity index (χ2v) is 16.0. The Labute approximate surface area is 195 Å². The predicted molar refractivity (Wildman–Crippen MR) is 128 cm³/mol. The van der Waals surface area contributed by atoms with Gasteiger partial charge < -0.3 is 19.0 Å². The average molecular weight is 475 g/mol. The largest absolute Gasteiger partial charge is 0.481 e. The molecule has 0 radical (unpaired) electrons. The second-order valence-electron chi connectivity index (χ2n) is 10.6. The number of aliphatic carboxylic acids is 1. The molecule has 2 rings (SSSR count). The summed E-state index contributed by atoms with van der Waals surface area (Å²) in [6.07, 6.45) is 10.8. The lowest BCUT2D eigenvalue weighted by molar-refractivity contribution is -0.197. The number of unbranched alkanes of at least 4 members (excludes halogenated alkanes) is 1. The Hall–Kier alpha value is -0.403. The minimum atomic E-state index is -1.87. The van der Waals surface area contributed by atoms with E-state index in [0.717, 1.165) is 45.1 Å². The Morgan fingerprint density at radius 2 is 1.97 bits per heavy atom. The number of ether oxygens (including phenoxy) is 2. The zero-order chi connectivity index (χ0) is 23.1. The molecule has 1 saturated carbocycles. The lowest BCUT2D eigenvalue weighted by Gasteiger charge is -2.38. The molecule has 31 heavy (non-hydrogen) atoms. The SMILES string of the molecule is CC(C)(C)[Si](C)(C)OC[C@@H]1[C@@H](C/C=C/CCCC(=O)O)[C@H](Cl)C[C@H]1OC1CCCCO1. The number of rotatable bonds is 11. The molecule has 180 valence electrons. The van der Waals surface area contributed by atoms with Crippen molar-refractivity contribution in [2.24, 2.45) is 11.8 Å². The monoisotopic (exact) mass is 474 g/mol. The summed E-state index contributed by atoms with van der Waals surface area (Å²) >= 11 is 6.83. The summed E-state index contributed by atoms with van der Waals surface area (Å²) < 4.78 is 18.9. The van der Waals surface area contributed by atoms with Crippen LogP contribution in [-0.4, -0.2) is 50.4 Å². The van der Waals surface area contributed by atoms with E-state index in [2.05, 4.69) is 46.0 Å². The zero-order valence-corrected chi connectivity index (χ0v) is 21.8. The van der Waals surface area contributed by atoms with Crippen LogP contribution in [0.4, 0.5) is 0 Å². The highest BCUT2D eigenvalue weighted by Gasteiger charge is 2.46. The van der Waals surface area contributed by atoms with Gasteiger partial charge in [0.05, 0.1) is 6.10 Å². The highest BCUT2D eigenvalue weighted by atomic mass is 35.5. The Balaban J connectivity index is 2.01. The Bertz CT molecular complexity index is 583. The fourth-order valence-electron chi connectivity index (χ4n) is 4.10. The highest BCUT2D eigenvalue weighted by molar-refractivity contribution is 6.74. The smallest absolute Gasteiger partial charge is 0.303 e. The molecule has 1 heterocycles. The molecule has 5 nitrogen and oxygen atoms in total. The fraction of sp³-hybridized carbons (Fsp3) is 0.875. The molecule has 2 fully saturated rings. The van der Waals surface area contributed by atoms with Crippen molar-refractivity contribution in [2.45, 2.75) is 108 Å². The molecule has 1 aliphatic carbocycles. The number of allylic oxidation sites excluding steroid dienone is 2. The first-order valence-corrected chi connectivity index (χ1v) is 15.3. The number of carboxylic acids is 1. The number of hydrogen-bond acceptors (Lipinski definition) is 4. The molecule has 0 amide bonds. The van der Waals surface area contributed by atoms with Gasteiger partial charge in [0.25, 0.3) is 0 Å². The molecule has 0 aromatic carbocycles. The Kier molecular flexibility index (Phi) is 10.5. The van der Waals surface area contributed by atoms with Crippen molar-refractivity contribution in [3.8, 4) is 0 Å². The summed E-state index contributed by atoms with van der Waals surface area (Å²) in [5, 5.41) is 8.99. The maximum absolute atomic E-state index is 10.7. The Morgan fingerprint density at radius 3 is 2.58 bits per heavy atom. The predicted octanol–water partition coefficient (Wildman–Crippen LogP) is 6.36. The second kappa shape index (κ2) is 12.2. The summed E-state index contributed by atoms with van der Waals surface area (Å²) in [6, 6.07) is 0. The van der Waals surface area contributed by atoms with Crippen LogP contribution in [0.15, 0.2) is 12.2 Å². The average Bonchev–Trinajstić information content (AvgIpc) is 2.97. The first-order valence-electron chi connectivity index (χ1n) is 11.9. The van der Waals surface area contributed by atoms with Crippen molar-refractivity contribution in [1.29, 1.82) is 0 Å². The van der Waals surface area contributed by atoms with E-state index >= 15 is 0 Å². The third-order valence-electron chi connectivity index (χ3n) is 7.19. The maximum Gasteiger partial charge on any atom is 0.303 e. The first kappa shape index (κ1) is 26.8. The first-order chi connectivity index (χ1) is 14.5. The van der Waals surface area contributed by atoms with Crippen molar-refractivity contribution < 1.29 is 23.8 Å². The summed E-state index contributed by atoms with van der Waals surface area (Å²) in [5.74, 6) is -0.209. The molecule has 0 bridgehead atoms. The van der Waals surface area contributed by atoms with Gasteiger partial charge in [-0.3, -0.25) is 4.79 Å². The molecule has 1 unspecified atom stereocenters. The van der Waals surface area contributed by atoms with Crippen molar-refractivity contribution in [3.63, 3.8) is 0 Å². The van der Waals surface area contributed by atoms with Gasteiger partial charge in [-0.2, -0.15) is 0 Å². The normalized spacial score (nSPS) is 30.2. The summed E-state index contributed by atoms with van der Waals surface area (Å²) in [5.41, 5.74) is 0. The Morgan fingerprint density at radius 1 is 1.23 bits per heavy atom. The number of carbonyl (C=O) groups is 1. The molecule has 1 saturated heterocycles. The lowest BCUT2D eigenvalue weighted by atomic mass is 9.92. The minimum absolute atomic E-state index is 0.0466. The lowest BCUT2D eigenvalue weighted by Crippen LogP contribution is -2.44. The molecule has 5 atom stereocenters. The van der Waals surface area contributed by atoms with E-state index in [-0.39, 0.29) is 41.1 Å². The quantitative estimate of drug-likeness (QED) is 0.163. The van der Waals surface area contributed by atoms with Gasteiger partial charge in [-0.05, 0) is 69.0 Å². The van der Waals surface area contributed by atoms with Crippen LogP contribution >= 0.6 is 11.6 Å². The fourth-order valence-corrected chi connectivity index (χ4v) is 5.61. The van der Waals surface area contributed by atoms with Gasteiger partial charge in [0.2, 0.25) is 0 Å². The van der Waals surface area contributed by atoms with E-state index in [1.807, 2.05) is 0 Å². The van der Waals surface area contributed by atoms with Gasteiger partial charge >= 0.3 is 5.97 Å². The molecule has 7 heteroatoms. The topological polar surface area (TPSA) is 65.0 Å². The molecule has 2 aliphatic rings. The zero-order valence-electron chi connectivity index (χ0n) is 20.1. The molecule has 1 aliphatic heterocycles. The van der Waals surface area contributed by atoms with Gasteiger partial charge in [0.1, 0.15) is 0 Å². The van der Waals surface area contributed by atoms with Crippen LogP contribution in [0.3, 0.4) is 0 Å². The van der Waals surface area contributed by atoms with Crippen molar-refractivity contribution >= 4 is 25.9 Å². The third-order valence-corrected chi connectivity index (χ3v) is 12.2. The summed E-state index contributed by atoms with van der Waals surface area (Å²) in [4.78, 5) is 10.7. The van der Waals surface area contributed by atoms with Gasteiger partial charge in [0.15, 0.2) is 14.6 Å². The van der Waals surface area contributed by atoms with Gasteiger partial charge in [-0.25, -0.2) is 0 Å². The molecular weight excluding hydrogens is 432 g/mol. The van der Waals surface area contributed by atoms with Gasteiger partial charge in [-0.1, -0.05) is 32.9 Å². The standard InChI is InChI=1S/C24H43ClO5Si/c1-24(2,3)31(4,5)29-17-19-18(12-8-6-7-9-13-22(26)27)20(25)16-21(19)30-23-14-10-11-15-28-23/h6,8,18-21,23H,7,9-17H2,1-5H3,(H,26,27)/b8-6+/t18-,19-,20-,21-,23?/m1/s1.